The van der Waals surface area contributed by atoms with Gasteiger partial charge in [-0.15, -0.1) is 0 Å². The van der Waals surface area contributed by atoms with E-state index in [0.717, 1.165) is 16.8 Å². The van der Waals surface area contributed by atoms with Crippen LogP contribution in [0.3, 0.4) is 0 Å². The number of ether oxygens (including phenoxy) is 2. The highest BCUT2D eigenvalue weighted by Crippen LogP contribution is 2.35. The van der Waals surface area contributed by atoms with E-state index in [1.165, 1.54) is 37.3 Å². The average Bonchev–Trinajstić information content (AvgIpc) is 2.63. The number of alkyl halides is 3. The van der Waals surface area contributed by atoms with Gasteiger partial charge in [-0.25, -0.2) is 9.78 Å². The van der Waals surface area contributed by atoms with E-state index >= 15 is 0 Å². The molecule has 6 nitrogen and oxygen atoms in total. The molecule has 0 aliphatic carbocycles. The molecule has 0 unspecified atom stereocenters. The third kappa shape index (κ3) is 3.79. The normalized spacial score (nSPS) is 11.5. The predicted molar refractivity (Wildman–Crippen MR) is 95.0 cm³/mol. The van der Waals surface area contributed by atoms with Crippen molar-refractivity contribution in [1.29, 1.82) is 0 Å². The van der Waals surface area contributed by atoms with Crippen molar-refractivity contribution < 1.29 is 27.4 Å². The van der Waals surface area contributed by atoms with Gasteiger partial charge in [0.05, 0.1) is 29.4 Å². The molecule has 0 spiro atoms. The summed E-state index contributed by atoms with van der Waals surface area (Å²) in [6, 6.07) is 7.30. The summed E-state index contributed by atoms with van der Waals surface area (Å²) in [7, 11) is 0. The van der Waals surface area contributed by atoms with Crippen LogP contribution < -0.4 is 10.2 Å². The third-order valence-electron chi connectivity index (χ3n) is 3.71. The van der Waals surface area contributed by atoms with Gasteiger partial charge in [-0.2, -0.15) is 13.2 Å². The first-order chi connectivity index (χ1) is 13.2. The molecule has 10 heteroatoms. The Kier molecular flexibility index (Phi) is 5.28. The minimum Gasteiger partial charge on any atom is -0.434 e. The van der Waals surface area contributed by atoms with E-state index in [2.05, 4.69) is 9.72 Å². The summed E-state index contributed by atoms with van der Waals surface area (Å²) in [6.45, 7) is 1.53. The molecule has 2 aromatic heterocycles. The zero-order chi connectivity index (χ0) is 20.5. The standard InChI is InChI=1S/C18H12ClF3N2O4/c1-2-27-17(26)28-13-9-24(12-6-4-3-5-11(12)18(20,21)22)16-10(15(13)25)7-8-14(19)23-16/h3-9H,2H2,1H3. The van der Waals surface area contributed by atoms with Crippen LogP contribution in [0.2, 0.25) is 5.15 Å². The van der Waals surface area contributed by atoms with Crippen LogP contribution in [0.15, 0.2) is 47.4 Å². The molecular formula is C18H12ClF3N2O4. The second kappa shape index (κ2) is 7.51. The lowest BCUT2D eigenvalue weighted by Crippen LogP contribution is -2.19. The van der Waals surface area contributed by atoms with Gasteiger partial charge < -0.3 is 9.47 Å². The molecular weight excluding hydrogens is 401 g/mol. The van der Waals surface area contributed by atoms with Gasteiger partial charge in [0.2, 0.25) is 5.43 Å². The first-order valence-electron chi connectivity index (χ1n) is 7.95. The SMILES string of the molecule is CCOC(=O)Oc1cn(-c2ccccc2C(F)(F)F)c2nc(Cl)ccc2c1=O. The molecule has 146 valence electrons. The van der Waals surface area contributed by atoms with Gasteiger partial charge in [0.1, 0.15) is 10.8 Å². The molecule has 0 N–H and O–H groups in total. The summed E-state index contributed by atoms with van der Waals surface area (Å²) in [6.07, 6.45) is -4.88. The number of carbonyl (C=O) groups excluding carboxylic acids is 1. The smallest absolute Gasteiger partial charge is 0.434 e. The molecule has 0 bridgehead atoms. The molecule has 0 aliphatic rings. The topological polar surface area (TPSA) is 70.4 Å². The van der Waals surface area contributed by atoms with E-state index < -0.39 is 29.1 Å². The van der Waals surface area contributed by atoms with Gasteiger partial charge in [-0.05, 0) is 31.2 Å². The zero-order valence-electron chi connectivity index (χ0n) is 14.3. The van der Waals surface area contributed by atoms with E-state index in [1.807, 2.05) is 0 Å². The van der Waals surface area contributed by atoms with E-state index in [0.29, 0.717) is 0 Å². The molecule has 3 aromatic rings. The fourth-order valence-corrected chi connectivity index (χ4v) is 2.72. The van der Waals surface area contributed by atoms with Crippen LogP contribution in [-0.4, -0.2) is 22.3 Å². The second-order valence-corrected chi connectivity index (χ2v) is 5.88. The molecule has 2 heterocycles. The Labute approximate surface area is 161 Å². The first kappa shape index (κ1) is 19.7. The summed E-state index contributed by atoms with van der Waals surface area (Å²) in [5, 5.41) is -0.104. The van der Waals surface area contributed by atoms with Gasteiger partial charge in [-0.1, -0.05) is 23.7 Å². The van der Waals surface area contributed by atoms with E-state index in [4.69, 9.17) is 16.3 Å². The molecule has 0 radical (unpaired) electrons. The third-order valence-corrected chi connectivity index (χ3v) is 3.92. The van der Waals surface area contributed by atoms with Crippen LogP contribution in [0.25, 0.3) is 16.7 Å². The van der Waals surface area contributed by atoms with Crippen molar-refractivity contribution in [2.75, 3.05) is 6.61 Å². The van der Waals surface area contributed by atoms with E-state index in [9.17, 15) is 22.8 Å². The van der Waals surface area contributed by atoms with Crippen LogP contribution >= 0.6 is 11.6 Å². The maximum absolute atomic E-state index is 13.5. The fraction of sp³-hybridized carbons (Fsp3) is 0.167. The average molecular weight is 413 g/mol. The van der Waals surface area contributed by atoms with E-state index in [1.54, 1.807) is 0 Å². The molecule has 0 amide bonds. The molecule has 0 aliphatic heterocycles. The van der Waals surface area contributed by atoms with Crippen LogP contribution in [0, 0.1) is 0 Å². The number of carbonyl (C=O) groups is 1. The monoisotopic (exact) mass is 412 g/mol. The number of para-hydroxylation sites is 1. The summed E-state index contributed by atoms with van der Waals surface area (Å²) < 4.78 is 50.9. The first-order valence-corrected chi connectivity index (χ1v) is 8.33. The van der Waals surface area contributed by atoms with Crippen molar-refractivity contribution in [1.82, 2.24) is 9.55 Å². The van der Waals surface area contributed by atoms with Crippen molar-refractivity contribution in [2.45, 2.75) is 13.1 Å². The molecule has 1 aromatic carbocycles. The number of rotatable bonds is 3. The van der Waals surface area contributed by atoms with Crippen molar-refractivity contribution in [3.63, 3.8) is 0 Å². The number of hydrogen-bond acceptors (Lipinski definition) is 5. The minimum absolute atomic E-state index is 0.00528. The van der Waals surface area contributed by atoms with Crippen molar-refractivity contribution in [3.05, 3.63) is 63.5 Å². The molecule has 0 fully saturated rings. The van der Waals surface area contributed by atoms with Crippen molar-refractivity contribution in [3.8, 4) is 11.4 Å². The minimum atomic E-state index is -4.67. The van der Waals surface area contributed by atoms with Crippen LogP contribution in [0.1, 0.15) is 12.5 Å². The number of pyridine rings is 2. The molecule has 0 saturated heterocycles. The van der Waals surface area contributed by atoms with Gasteiger partial charge >= 0.3 is 12.3 Å². The molecule has 3 rings (SSSR count). The highest BCUT2D eigenvalue weighted by atomic mass is 35.5. The highest BCUT2D eigenvalue weighted by molar-refractivity contribution is 6.29. The largest absolute Gasteiger partial charge is 0.514 e. The quantitative estimate of drug-likeness (QED) is 0.464. The Hall–Kier alpha value is -3.07. The molecule has 28 heavy (non-hydrogen) atoms. The Morgan fingerprint density at radius 1 is 1.21 bits per heavy atom. The lowest BCUT2D eigenvalue weighted by atomic mass is 10.1. The number of fused-ring (bicyclic) bond motifs is 1. The fourth-order valence-electron chi connectivity index (χ4n) is 2.57. The van der Waals surface area contributed by atoms with E-state index in [-0.39, 0.29) is 28.5 Å². The van der Waals surface area contributed by atoms with Crippen LogP contribution in [0.5, 0.6) is 5.75 Å². The van der Waals surface area contributed by atoms with Crippen LogP contribution in [-0.2, 0) is 10.9 Å². The molecule has 0 saturated carbocycles. The Balaban J connectivity index is 2.33. The lowest BCUT2D eigenvalue weighted by molar-refractivity contribution is -0.137. The summed E-state index contributed by atoms with van der Waals surface area (Å²) in [5.41, 5.74) is -2.15. The zero-order valence-corrected chi connectivity index (χ0v) is 15.0. The van der Waals surface area contributed by atoms with Gasteiger partial charge in [0.15, 0.2) is 5.75 Å². The number of aromatic nitrogens is 2. The summed E-state index contributed by atoms with van der Waals surface area (Å²) >= 11 is 5.87. The maximum atomic E-state index is 13.5. The van der Waals surface area contributed by atoms with Crippen molar-refractivity contribution >= 4 is 28.8 Å². The number of halogens is 4. The summed E-state index contributed by atoms with van der Waals surface area (Å²) in [5.74, 6) is -0.507. The Morgan fingerprint density at radius 2 is 1.93 bits per heavy atom. The van der Waals surface area contributed by atoms with Crippen LogP contribution in [0.4, 0.5) is 18.0 Å². The maximum Gasteiger partial charge on any atom is 0.514 e. The predicted octanol–water partition coefficient (Wildman–Crippen LogP) is 4.59. The Bertz CT molecular complexity index is 1110. The highest BCUT2D eigenvalue weighted by Gasteiger charge is 2.34. The van der Waals surface area contributed by atoms with Gasteiger partial charge in [0, 0.05) is 0 Å². The van der Waals surface area contributed by atoms with Crippen molar-refractivity contribution in [2.24, 2.45) is 0 Å². The lowest BCUT2D eigenvalue weighted by Gasteiger charge is -2.17. The number of nitrogens with zero attached hydrogens (tertiary/aromatic N) is 2. The molecule has 0 atom stereocenters. The van der Waals surface area contributed by atoms with Gasteiger partial charge in [-0.3, -0.25) is 9.36 Å². The number of hydrogen-bond donors (Lipinski definition) is 0. The number of benzene rings is 1. The Morgan fingerprint density at radius 3 is 2.61 bits per heavy atom. The summed E-state index contributed by atoms with van der Waals surface area (Å²) in [4.78, 5) is 28.2. The van der Waals surface area contributed by atoms with Gasteiger partial charge in [0.25, 0.3) is 0 Å². The second-order valence-electron chi connectivity index (χ2n) is 5.50.